The number of aromatic carboxylic acids is 1. The van der Waals surface area contributed by atoms with Crippen LogP contribution in [0, 0.1) is 31.1 Å². The van der Waals surface area contributed by atoms with Gasteiger partial charge < -0.3 is 5.11 Å². The molecule has 1 N–H and O–H groups in total. The van der Waals surface area contributed by atoms with E-state index in [9.17, 15) is 23.5 Å². The van der Waals surface area contributed by atoms with Gasteiger partial charge in [-0.1, -0.05) is 23.4 Å². The number of nitrogens with zero attached hydrogens (tertiary/aromatic N) is 4. The fourth-order valence-electron chi connectivity index (χ4n) is 7.42. The Balaban J connectivity index is 1.19. The summed E-state index contributed by atoms with van der Waals surface area (Å²) in [5, 5.41) is 11.8. The molecular weight excluding hydrogens is 630 g/mol. The van der Waals surface area contributed by atoms with Gasteiger partial charge in [0.2, 0.25) is 0 Å². The molecule has 0 unspecified atom stereocenters. The second-order valence-corrected chi connectivity index (χ2v) is 14.6. The Morgan fingerprint density at radius 1 is 1.17 bits per heavy atom. The van der Waals surface area contributed by atoms with Crippen LogP contribution in [0.1, 0.15) is 71.3 Å². The van der Waals surface area contributed by atoms with E-state index in [1.54, 1.807) is 22.1 Å². The Bertz CT molecular complexity index is 2060. The van der Waals surface area contributed by atoms with Crippen molar-refractivity contribution in [3.63, 3.8) is 0 Å². The highest BCUT2D eigenvalue weighted by atomic mass is 35.5. The van der Waals surface area contributed by atoms with E-state index in [4.69, 9.17) is 16.6 Å². The molecule has 2 aliphatic carbocycles. The summed E-state index contributed by atoms with van der Waals surface area (Å²) in [6, 6.07) is 7.27. The zero-order chi connectivity index (χ0) is 32.6. The molecule has 3 aromatic heterocycles. The van der Waals surface area contributed by atoms with Crippen molar-refractivity contribution in [1.29, 1.82) is 0 Å². The topological polar surface area (TPSA) is 88.3 Å². The van der Waals surface area contributed by atoms with Crippen molar-refractivity contribution in [2.24, 2.45) is 5.41 Å². The second kappa shape index (κ2) is 11.0. The third-order valence-electron chi connectivity index (χ3n) is 10.2. The summed E-state index contributed by atoms with van der Waals surface area (Å²) in [5.74, 6) is 3.34. The van der Waals surface area contributed by atoms with Crippen molar-refractivity contribution in [2.45, 2.75) is 77.3 Å². The predicted molar refractivity (Wildman–Crippen MR) is 175 cm³/mol. The number of carboxylic acid groups (broad SMARTS) is 1. The Labute approximate surface area is 274 Å². The number of likely N-dealkylation sites (tertiary alicyclic amines) is 1. The van der Waals surface area contributed by atoms with Crippen molar-refractivity contribution in [3.8, 4) is 23.0 Å². The Hall–Kier alpha value is -3.65. The summed E-state index contributed by atoms with van der Waals surface area (Å²) in [4.78, 5) is 37.2. The number of carbonyl (C=O) groups is 1. The summed E-state index contributed by atoms with van der Waals surface area (Å²) in [5.41, 5.74) is 3.49. The van der Waals surface area contributed by atoms with Crippen molar-refractivity contribution < 1.29 is 18.7 Å². The van der Waals surface area contributed by atoms with E-state index < -0.39 is 17.3 Å². The fraction of sp³-hybridized carbons (Fsp3) is 0.429. The Morgan fingerprint density at radius 2 is 1.96 bits per heavy atom. The average molecular weight is 663 g/mol. The van der Waals surface area contributed by atoms with Gasteiger partial charge in [-0.15, -0.1) is 11.3 Å². The van der Waals surface area contributed by atoms with Gasteiger partial charge in [0, 0.05) is 56.9 Å². The fourth-order valence-corrected chi connectivity index (χ4v) is 8.60. The molecule has 0 bridgehead atoms. The number of aromatic nitrogens is 3. The molecule has 2 fully saturated rings. The van der Waals surface area contributed by atoms with Gasteiger partial charge in [0.25, 0.3) is 11.5 Å². The van der Waals surface area contributed by atoms with Crippen LogP contribution in [0.2, 0.25) is 5.02 Å². The minimum absolute atomic E-state index is 0.0347. The van der Waals surface area contributed by atoms with Gasteiger partial charge >= 0.3 is 5.97 Å². The second-order valence-electron chi connectivity index (χ2n) is 13.3. The van der Waals surface area contributed by atoms with Crippen LogP contribution in [-0.2, 0) is 19.4 Å². The predicted octanol–water partition coefficient (Wildman–Crippen LogP) is 6.91. The van der Waals surface area contributed by atoms with Crippen molar-refractivity contribution in [2.75, 3.05) is 13.1 Å². The quantitative estimate of drug-likeness (QED) is 0.239. The van der Waals surface area contributed by atoms with Crippen LogP contribution in [0.25, 0.3) is 21.3 Å². The molecule has 4 aromatic rings. The third-order valence-corrected chi connectivity index (χ3v) is 11.4. The van der Waals surface area contributed by atoms with Gasteiger partial charge in [0.15, 0.2) is 0 Å². The summed E-state index contributed by atoms with van der Waals surface area (Å²) < 4.78 is 30.9. The highest BCUT2D eigenvalue weighted by Crippen LogP contribution is 2.65. The van der Waals surface area contributed by atoms with Crippen molar-refractivity contribution in [3.05, 3.63) is 78.9 Å². The molecule has 1 saturated heterocycles. The normalized spacial score (nSPS) is 23.6. The first-order valence-corrected chi connectivity index (χ1v) is 16.7. The lowest BCUT2D eigenvalue weighted by molar-refractivity contribution is -0.0161. The first kappa shape index (κ1) is 31.0. The maximum Gasteiger partial charge on any atom is 0.338 e. The van der Waals surface area contributed by atoms with E-state index in [-0.39, 0.29) is 29.6 Å². The molecule has 238 valence electrons. The number of hydrogen-bond donors (Lipinski definition) is 1. The van der Waals surface area contributed by atoms with E-state index >= 15 is 0 Å². The van der Waals surface area contributed by atoms with E-state index in [1.165, 1.54) is 11.3 Å². The molecule has 1 aromatic carbocycles. The zero-order valence-corrected chi connectivity index (χ0v) is 27.4. The number of pyridine rings is 1. The highest BCUT2D eigenvalue weighted by molar-refractivity contribution is 7.18. The Morgan fingerprint density at radius 3 is 2.70 bits per heavy atom. The summed E-state index contributed by atoms with van der Waals surface area (Å²) >= 11 is 7.72. The van der Waals surface area contributed by atoms with Crippen LogP contribution < -0.4 is 5.56 Å². The van der Waals surface area contributed by atoms with E-state index in [0.717, 1.165) is 40.9 Å². The largest absolute Gasteiger partial charge is 0.478 e. The summed E-state index contributed by atoms with van der Waals surface area (Å²) in [6.07, 6.45) is 3.15. The number of halogens is 3. The maximum absolute atomic E-state index is 14.3. The first-order valence-electron chi connectivity index (χ1n) is 15.4. The number of thiophene rings is 1. The van der Waals surface area contributed by atoms with Crippen LogP contribution in [0.5, 0.6) is 0 Å². The van der Waals surface area contributed by atoms with Gasteiger partial charge in [0.1, 0.15) is 5.82 Å². The first-order chi connectivity index (χ1) is 21.8. The molecule has 1 aliphatic heterocycles. The number of fused-ring (bicyclic) bond motifs is 2. The molecule has 1 saturated carbocycles. The average Bonchev–Trinajstić information content (AvgIpc) is 3.30. The minimum atomic E-state index is -2.59. The van der Waals surface area contributed by atoms with Gasteiger partial charge in [0.05, 0.1) is 33.4 Å². The molecule has 3 aliphatic rings. The molecule has 7 rings (SSSR count). The molecular formula is C35H33ClF2N4O3S. The van der Waals surface area contributed by atoms with E-state index in [2.05, 4.69) is 28.6 Å². The maximum atomic E-state index is 14.3. The number of rotatable bonds is 4. The monoisotopic (exact) mass is 662 g/mol. The Kier molecular flexibility index (Phi) is 7.38. The van der Waals surface area contributed by atoms with E-state index in [0.29, 0.717) is 59.0 Å². The van der Waals surface area contributed by atoms with Crippen LogP contribution in [0.15, 0.2) is 34.4 Å². The lowest BCUT2D eigenvalue weighted by atomic mass is 9.78. The lowest BCUT2D eigenvalue weighted by Crippen LogP contribution is -2.56. The van der Waals surface area contributed by atoms with Gasteiger partial charge in [-0.05, 0) is 83.7 Å². The number of benzene rings is 1. The zero-order valence-electron chi connectivity index (χ0n) is 25.8. The van der Waals surface area contributed by atoms with Gasteiger partial charge in [-0.3, -0.25) is 19.2 Å². The standard InChI is InChI=1S/C35H33ClF2N4O3S/c1-20-14-25(30-29(39-20)27(17-46-30)32(44)45)24-15-23(36)8-7-22(24)6-4-13-42-21(2)40-28-9-11-33(3,16-26(28)31(42)43)41-12-5-10-34(19-41)18-35(34,37)38/h7-8,14-15,17H,5,9-13,16,18-19H2,1-3H3,(H,44,45)/t33-,34-/m1/s1. The smallest absolute Gasteiger partial charge is 0.338 e. The van der Waals surface area contributed by atoms with Gasteiger partial charge in [-0.25, -0.2) is 18.6 Å². The number of carboxylic acids is 1. The molecule has 2 atom stereocenters. The molecule has 0 amide bonds. The lowest BCUT2D eigenvalue weighted by Gasteiger charge is -2.48. The highest BCUT2D eigenvalue weighted by Gasteiger charge is 2.71. The van der Waals surface area contributed by atoms with Crippen LogP contribution in [-0.4, -0.2) is 55.1 Å². The molecule has 11 heteroatoms. The van der Waals surface area contributed by atoms with Crippen LogP contribution in [0.4, 0.5) is 8.78 Å². The number of hydrogen-bond acceptors (Lipinski definition) is 6. The molecule has 0 radical (unpaired) electrons. The van der Waals surface area contributed by atoms with E-state index in [1.807, 2.05) is 26.0 Å². The minimum Gasteiger partial charge on any atom is -0.478 e. The molecule has 4 heterocycles. The van der Waals surface area contributed by atoms with Gasteiger partial charge in [-0.2, -0.15) is 0 Å². The molecule has 1 spiro atoms. The summed E-state index contributed by atoms with van der Waals surface area (Å²) in [6.45, 7) is 6.98. The van der Waals surface area contributed by atoms with Crippen molar-refractivity contribution in [1.82, 2.24) is 19.4 Å². The van der Waals surface area contributed by atoms with Crippen LogP contribution >= 0.6 is 22.9 Å². The number of alkyl halides is 2. The van der Waals surface area contributed by atoms with Crippen molar-refractivity contribution >= 4 is 39.1 Å². The molecule has 7 nitrogen and oxygen atoms in total. The number of piperidine rings is 1. The molecule has 46 heavy (non-hydrogen) atoms. The summed E-state index contributed by atoms with van der Waals surface area (Å²) in [7, 11) is 0. The third kappa shape index (κ3) is 5.13. The SMILES string of the molecule is Cc1cc(-c2cc(Cl)ccc2C#CCn2c(C)nc3c(c2=O)C[C@](C)(N2CCC[C@]4(C2)CC4(F)F)CC3)c2scc(C(=O)O)c2n1. The number of aryl methyl sites for hydroxylation is 3. The van der Waals surface area contributed by atoms with Crippen LogP contribution in [0.3, 0.4) is 0 Å².